The Morgan fingerprint density at radius 1 is 0.900 bits per heavy atom. The van der Waals surface area contributed by atoms with Crippen molar-refractivity contribution in [2.24, 2.45) is 50.2 Å². The first-order chi connectivity index (χ1) is 18.5. The molecule has 5 heteroatoms. The molecule has 0 aromatic rings. The van der Waals surface area contributed by atoms with Crippen LogP contribution in [0.2, 0.25) is 0 Å². The molecule has 0 aliphatic heterocycles. The van der Waals surface area contributed by atoms with Gasteiger partial charge in [0, 0.05) is 6.42 Å². The number of allylic oxidation sites excluding steroid dienone is 2. The fraction of sp³-hybridized carbons (Fsp3) is 0.886. The van der Waals surface area contributed by atoms with Gasteiger partial charge in [0.25, 0.3) is 0 Å². The summed E-state index contributed by atoms with van der Waals surface area (Å²) in [6, 6.07) is 0. The Morgan fingerprint density at radius 3 is 2.30 bits per heavy atom. The van der Waals surface area contributed by atoms with Crippen LogP contribution in [0.4, 0.5) is 0 Å². The molecule has 4 fully saturated rings. The van der Waals surface area contributed by atoms with Gasteiger partial charge >= 0.3 is 11.9 Å². The number of carbonyl (C=O) groups is 2. The van der Waals surface area contributed by atoms with Crippen LogP contribution in [0.1, 0.15) is 132 Å². The van der Waals surface area contributed by atoms with Crippen LogP contribution in [0.25, 0.3) is 0 Å². The number of ether oxygens (including phenoxy) is 1. The first-order valence-corrected chi connectivity index (χ1v) is 16.3. The van der Waals surface area contributed by atoms with E-state index in [9.17, 15) is 14.7 Å². The fourth-order valence-electron chi connectivity index (χ4n) is 11.3. The number of carboxylic acids is 1. The van der Waals surface area contributed by atoms with E-state index >= 15 is 0 Å². The molecule has 0 aromatic carbocycles. The summed E-state index contributed by atoms with van der Waals surface area (Å²) < 4.78 is 5.97. The van der Waals surface area contributed by atoms with Crippen LogP contribution in [0, 0.1) is 50.2 Å². The minimum atomic E-state index is -0.794. The summed E-state index contributed by atoms with van der Waals surface area (Å²) >= 11 is 0. The van der Waals surface area contributed by atoms with E-state index in [2.05, 4.69) is 54.5 Å². The lowest BCUT2D eigenvalue weighted by Crippen LogP contribution is -2.65. The molecule has 226 valence electrons. The monoisotopic (exact) mass is 556 g/mol. The Hall–Kier alpha value is -1.36. The second-order valence-electron chi connectivity index (χ2n) is 16.7. The molecule has 4 saturated carbocycles. The van der Waals surface area contributed by atoms with E-state index in [1.54, 1.807) is 5.57 Å². The molecule has 0 amide bonds. The number of unbranched alkanes of at least 4 members (excludes halogenated alkanes) is 1. The van der Waals surface area contributed by atoms with Crippen molar-refractivity contribution in [3.63, 3.8) is 0 Å². The van der Waals surface area contributed by atoms with Gasteiger partial charge in [-0.2, -0.15) is 0 Å². The quantitative estimate of drug-likeness (QED) is 0.197. The van der Waals surface area contributed by atoms with Crippen molar-refractivity contribution in [2.45, 2.75) is 138 Å². The maximum atomic E-state index is 14.0. The third kappa shape index (κ3) is 4.33. The predicted octanol–water partition coefficient (Wildman–Crippen LogP) is 7.95. The highest BCUT2D eigenvalue weighted by Crippen LogP contribution is 2.75. The molecule has 2 N–H and O–H groups in total. The van der Waals surface area contributed by atoms with Crippen LogP contribution >= 0.6 is 0 Å². The lowest BCUT2D eigenvalue weighted by atomic mass is 9.33. The normalized spacial score (nSPS) is 45.1. The second-order valence-corrected chi connectivity index (χ2v) is 16.7. The first-order valence-electron chi connectivity index (χ1n) is 16.3. The van der Waals surface area contributed by atoms with Crippen molar-refractivity contribution >= 4 is 11.9 Å². The molecule has 0 bridgehead atoms. The van der Waals surface area contributed by atoms with E-state index in [0.717, 1.165) is 51.4 Å². The van der Waals surface area contributed by atoms with Crippen LogP contribution in [0.5, 0.6) is 0 Å². The number of hydrogen-bond donors (Lipinski definition) is 2. The van der Waals surface area contributed by atoms with Gasteiger partial charge in [0.1, 0.15) is 0 Å². The Morgan fingerprint density at radius 2 is 1.60 bits per heavy atom. The SMILES string of the molecule is CC1(C)CC[C@]2(C(=O)OCCCCC(=O)O)CC[C@]3(C)C(=CC[C@@H]4[C@@]5(C)CC[C@H](O)C(C)(C)[C@@H]5CC[C@]43C)[C@@H]2C1. The van der Waals surface area contributed by atoms with Gasteiger partial charge in [0.15, 0.2) is 0 Å². The third-order valence-electron chi connectivity index (χ3n) is 14.0. The summed E-state index contributed by atoms with van der Waals surface area (Å²) in [5.41, 5.74) is 1.70. The van der Waals surface area contributed by atoms with Crippen molar-refractivity contribution < 1.29 is 24.5 Å². The van der Waals surface area contributed by atoms with E-state index in [1.807, 2.05) is 0 Å². The molecule has 0 heterocycles. The number of rotatable bonds is 6. The lowest BCUT2D eigenvalue weighted by molar-refractivity contribution is -0.206. The van der Waals surface area contributed by atoms with Crippen LogP contribution in [0.15, 0.2) is 11.6 Å². The maximum Gasteiger partial charge on any atom is 0.312 e. The Bertz CT molecular complexity index is 1060. The van der Waals surface area contributed by atoms with Gasteiger partial charge in [-0.15, -0.1) is 0 Å². The molecule has 0 unspecified atom stereocenters. The number of aliphatic hydroxyl groups is 1. The minimum absolute atomic E-state index is 0.0303. The average Bonchev–Trinajstić information content (AvgIpc) is 2.86. The average molecular weight is 557 g/mol. The number of aliphatic hydroxyl groups excluding tert-OH is 1. The van der Waals surface area contributed by atoms with Gasteiger partial charge in [0.05, 0.1) is 18.1 Å². The zero-order valence-corrected chi connectivity index (χ0v) is 26.4. The van der Waals surface area contributed by atoms with Crippen molar-refractivity contribution in [2.75, 3.05) is 6.61 Å². The van der Waals surface area contributed by atoms with Crippen LogP contribution in [-0.4, -0.2) is 34.9 Å². The highest BCUT2D eigenvalue weighted by molar-refractivity contribution is 5.78. The van der Waals surface area contributed by atoms with Gasteiger partial charge in [-0.05, 0) is 122 Å². The van der Waals surface area contributed by atoms with E-state index in [1.165, 1.54) is 12.8 Å². The van der Waals surface area contributed by atoms with Crippen LogP contribution < -0.4 is 0 Å². The molecule has 0 aromatic heterocycles. The van der Waals surface area contributed by atoms with Crippen LogP contribution in [0.3, 0.4) is 0 Å². The summed E-state index contributed by atoms with van der Waals surface area (Å²) in [6.45, 7) is 17.4. The van der Waals surface area contributed by atoms with Crippen molar-refractivity contribution in [1.82, 2.24) is 0 Å². The highest BCUT2D eigenvalue weighted by atomic mass is 16.5. The summed E-state index contributed by atoms with van der Waals surface area (Å²) in [6.07, 6.45) is 14.0. The summed E-state index contributed by atoms with van der Waals surface area (Å²) in [5.74, 6) is 0.516. The molecular formula is C35H56O5. The molecule has 5 aliphatic rings. The predicted molar refractivity (Wildman–Crippen MR) is 157 cm³/mol. The Balaban J connectivity index is 1.46. The molecule has 5 nitrogen and oxygen atoms in total. The Labute approximate surface area is 242 Å². The van der Waals surface area contributed by atoms with Crippen LogP contribution in [-0.2, 0) is 14.3 Å². The second kappa shape index (κ2) is 9.85. The molecule has 0 spiro atoms. The number of carboxylic acid groups (broad SMARTS) is 1. The zero-order chi connectivity index (χ0) is 29.4. The number of aliphatic carboxylic acids is 1. The molecule has 5 rings (SSSR count). The molecular weight excluding hydrogens is 500 g/mol. The number of hydrogen-bond acceptors (Lipinski definition) is 4. The smallest absolute Gasteiger partial charge is 0.312 e. The molecule has 5 aliphatic carbocycles. The van der Waals surface area contributed by atoms with E-state index in [0.29, 0.717) is 31.3 Å². The Kier molecular flexibility index (Phi) is 7.41. The highest BCUT2D eigenvalue weighted by Gasteiger charge is 2.69. The zero-order valence-electron chi connectivity index (χ0n) is 26.4. The first kappa shape index (κ1) is 30.1. The number of esters is 1. The minimum Gasteiger partial charge on any atom is -0.481 e. The van der Waals surface area contributed by atoms with E-state index < -0.39 is 11.4 Å². The fourth-order valence-corrected chi connectivity index (χ4v) is 11.3. The third-order valence-corrected chi connectivity index (χ3v) is 14.0. The van der Waals surface area contributed by atoms with Gasteiger partial charge in [-0.1, -0.05) is 60.1 Å². The molecule has 0 saturated heterocycles. The molecule has 0 radical (unpaired) electrons. The molecule has 8 atom stereocenters. The summed E-state index contributed by atoms with van der Waals surface area (Å²) in [4.78, 5) is 24.9. The van der Waals surface area contributed by atoms with Crippen molar-refractivity contribution in [1.29, 1.82) is 0 Å². The molecule has 40 heavy (non-hydrogen) atoms. The van der Waals surface area contributed by atoms with Gasteiger partial charge < -0.3 is 14.9 Å². The van der Waals surface area contributed by atoms with Gasteiger partial charge in [-0.25, -0.2) is 0 Å². The van der Waals surface area contributed by atoms with E-state index in [-0.39, 0.29) is 51.5 Å². The van der Waals surface area contributed by atoms with Crippen molar-refractivity contribution in [3.05, 3.63) is 11.6 Å². The van der Waals surface area contributed by atoms with E-state index in [4.69, 9.17) is 9.84 Å². The van der Waals surface area contributed by atoms with Crippen molar-refractivity contribution in [3.8, 4) is 0 Å². The lowest BCUT2D eigenvalue weighted by Gasteiger charge is -2.71. The maximum absolute atomic E-state index is 14.0. The standard InChI is InChI=1S/C35H56O5/c1-30(2)17-19-35(29(39)40-21-9-8-10-28(37)38)20-18-33(6)23(24(35)22-30)11-12-26-32(5)15-14-27(36)31(3,4)25(32)13-16-34(26,33)7/h11,24-27,36H,8-10,12-22H2,1-7H3,(H,37,38)/t24-,25-,26+,27-,32-,33+,34+,35-/m0/s1. The van der Waals surface area contributed by atoms with Gasteiger partial charge in [-0.3, -0.25) is 9.59 Å². The van der Waals surface area contributed by atoms with Gasteiger partial charge in [0.2, 0.25) is 0 Å². The number of fused-ring (bicyclic) bond motifs is 7. The topological polar surface area (TPSA) is 83.8 Å². The summed E-state index contributed by atoms with van der Waals surface area (Å²) in [5, 5.41) is 19.9. The summed E-state index contributed by atoms with van der Waals surface area (Å²) in [7, 11) is 0. The largest absolute Gasteiger partial charge is 0.481 e. The number of carbonyl (C=O) groups excluding carboxylic acids is 1.